The van der Waals surface area contributed by atoms with Gasteiger partial charge in [-0.2, -0.15) is 0 Å². The number of halogens is 1. The molecule has 31 heavy (non-hydrogen) atoms. The van der Waals surface area contributed by atoms with Crippen LogP contribution in [-0.2, 0) is 6.54 Å². The summed E-state index contributed by atoms with van der Waals surface area (Å²) in [6.07, 6.45) is 7.00. The lowest BCUT2D eigenvalue weighted by atomic mass is 10.2. The second kappa shape index (κ2) is 13.2. The van der Waals surface area contributed by atoms with Crippen LogP contribution in [0.2, 0.25) is 0 Å². The monoisotopic (exact) mass is 539 g/mol. The molecule has 1 aromatic carbocycles. The summed E-state index contributed by atoms with van der Waals surface area (Å²) in [7, 11) is 3.26. The molecule has 0 saturated carbocycles. The van der Waals surface area contributed by atoms with Gasteiger partial charge in [0.2, 0.25) is 0 Å². The molecule has 1 aromatic heterocycles. The van der Waals surface area contributed by atoms with E-state index in [1.165, 1.54) is 25.7 Å². The fraction of sp³-hybridized carbons (Fsp3) is 0.478. The second-order valence-electron chi connectivity index (χ2n) is 7.31. The molecule has 0 radical (unpaired) electrons. The largest absolute Gasteiger partial charge is 0.493 e. The molecule has 1 aliphatic heterocycles. The lowest BCUT2D eigenvalue weighted by molar-refractivity contribution is 0.355. The van der Waals surface area contributed by atoms with E-state index in [2.05, 4.69) is 33.5 Å². The Balaban J connectivity index is 0.00000341. The number of aliphatic imine (C=N–C) groups is 1. The average molecular weight is 539 g/mol. The molecule has 0 atom stereocenters. The molecule has 1 saturated heterocycles. The Bertz CT molecular complexity index is 838. The molecule has 0 spiro atoms. The first-order valence-corrected chi connectivity index (χ1v) is 10.7. The molecular formula is C23H34IN5O2. The number of nitrogens with one attached hydrogen (secondary N) is 2. The number of ether oxygens (including phenoxy) is 2. The van der Waals surface area contributed by atoms with Crippen LogP contribution in [0, 0.1) is 0 Å². The van der Waals surface area contributed by atoms with E-state index in [1.807, 2.05) is 30.5 Å². The van der Waals surface area contributed by atoms with Crippen LogP contribution >= 0.6 is 24.0 Å². The maximum atomic E-state index is 5.39. The van der Waals surface area contributed by atoms with Gasteiger partial charge in [0.25, 0.3) is 0 Å². The lowest BCUT2D eigenvalue weighted by Gasteiger charge is -2.21. The van der Waals surface area contributed by atoms with Crippen LogP contribution in [0.3, 0.4) is 0 Å². The first kappa shape index (κ1) is 25.0. The Morgan fingerprint density at radius 2 is 1.77 bits per heavy atom. The van der Waals surface area contributed by atoms with Gasteiger partial charge in [0.05, 0.1) is 20.8 Å². The highest BCUT2D eigenvalue weighted by Gasteiger charge is 2.11. The van der Waals surface area contributed by atoms with Crippen LogP contribution in [0.4, 0.5) is 11.5 Å². The van der Waals surface area contributed by atoms with Crippen molar-refractivity contribution in [2.24, 2.45) is 4.99 Å². The van der Waals surface area contributed by atoms with E-state index in [-0.39, 0.29) is 24.0 Å². The predicted molar refractivity (Wildman–Crippen MR) is 138 cm³/mol. The lowest BCUT2D eigenvalue weighted by Crippen LogP contribution is -2.30. The number of pyridine rings is 1. The van der Waals surface area contributed by atoms with Crippen LogP contribution in [-0.4, -0.2) is 44.8 Å². The molecule has 0 bridgehead atoms. The zero-order valence-corrected chi connectivity index (χ0v) is 21.0. The summed E-state index contributed by atoms with van der Waals surface area (Å²) in [5, 5.41) is 6.63. The van der Waals surface area contributed by atoms with Gasteiger partial charge in [0, 0.05) is 37.6 Å². The molecule has 3 rings (SSSR count). The molecule has 0 aliphatic carbocycles. The van der Waals surface area contributed by atoms with E-state index in [9.17, 15) is 0 Å². The summed E-state index contributed by atoms with van der Waals surface area (Å²) in [5.41, 5.74) is 2.03. The molecule has 1 fully saturated rings. The number of guanidine groups is 1. The first-order chi connectivity index (χ1) is 14.7. The van der Waals surface area contributed by atoms with Crippen molar-refractivity contribution in [1.82, 2.24) is 10.3 Å². The first-order valence-electron chi connectivity index (χ1n) is 10.7. The zero-order valence-electron chi connectivity index (χ0n) is 18.7. The molecule has 2 aromatic rings. The van der Waals surface area contributed by atoms with Crippen LogP contribution in [0.1, 0.15) is 38.2 Å². The Morgan fingerprint density at radius 1 is 1.03 bits per heavy atom. The summed E-state index contributed by atoms with van der Waals surface area (Å²) in [5.74, 6) is 3.15. The fourth-order valence-electron chi connectivity index (χ4n) is 3.56. The molecular weight excluding hydrogens is 505 g/mol. The van der Waals surface area contributed by atoms with E-state index in [0.29, 0.717) is 18.0 Å². The van der Waals surface area contributed by atoms with Crippen molar-refractivity contribution in [3.05, 3.63) is 42.1 Å². The number of anilines is 2. The third-order valence-electron chi connectivity index (χ3n) is 5.15. The van der Waals surface area contributed by atoms with Gasteiger partial charge in [-0.3, -0.25) is 0 Å². The van der Waals surface area contributed by atoms with Gasteiger partial charge in [0.1, 0.15) is 5.82 Å². The highest BCUT2D eigenvalue weighted by molar-refractivity contribution is 14.0. The minimum atomic E-state index is 0. The van der Waals surface area contributed by atoms with Crippen LogP contribution in [0.5, 0.6) is 11.5 Å². The average Bonchev–Trinajstić information content (AvgIpc) is 3.07. The maximum Gasteiger partial charge on any atom is 0.196 e. The van der Waals surface area contributed by atoms with E-state index >= 15 is 0 Å². The number of benzene rings is 1. The number of hydrogen-bond donors (Lipinski definition) is 2. The number of methoxy groups -OCH3 is 2. The minimum Gasteiger partial charge on any atom is -0.493 e. The summed E-state index contributed by atoms with van der Waals surface area (Å²) >= 11 is 0. The quantitative estimate of drug-likeness (QED) is 0.303. The smallest absolute Gasteiger partial charge is 0.196 e. The summed E-state index contributed by atoms with van der Waals surface area (Å²) in [4.78, 5) is 11.7. The summed E-state index contributed by atoms with van der Waals surface area (Å²) < 4.78 is 10.7. The topological polar surface area (TPSA) is 71.0 Å². The predicted octanol–water partition coefficient (Wildman–Crippen LogP) is 4.67. The van der Waals surface area contributed by atoms with Gasteiger partial charge in [-0.1, -0.05) is 12.8 Å². The van der Waals surface area contributed by atoms with Gasteiger partial charge < -0.3 is 25.0 Å². The van der Waals surface area contributed by atoms with Crippen LogP contribution in [0.15, 0.2) is 41.5 Å². The van der Waals surface area contributed by atoms with Crippen molar-refractivity contribution >= 4 is 41.4 Å². The van der Waals surface area contributed by atoms with Crippen molar-refractivity contribution < 1.29 is 9.47 Å². The highest BCUT2D eigenvalue weighted by atomic mass is 127. The molecule has 2 N–H and O–H groups in total. The number of aromatic nitrogens is 1. The Kier molecular flexibility index (Phi) is 10.7. The molecule has 0 unspecified atom stereocenters. The molecule has 2 heterocycles. The van der Waals surface area contributed by atoms with Gasteiger partial charge in [-0.25, -0.2) is 9.98 Å². The van der Waals surface area contributed by atoms with Crippen molar-refractivity contribution in [2.45, 2.75) is 39.2 Å². The van der Waals surface area contributed by atoms with Crippen LogP contribution < -0.4 is 25.0 Å². The third kappa shape index (κ3) is 7.45. The number of hydrogen-bond acceptors (Lipinski definition) is 5. The third-order valence-corrected chi connectivity index (χ3v) is 5.15. The van der Waals surface area contributed by atoms with Crippen molar-refractivity contribution in [3.63, 3.8) is 0 Å². The Hall–Kier alpha value is -2.23. The summed E-state index contributed by atoms with van der Waals surface area (Å²) in [6, 6.07) is 9.91. The Morgan fingerprint density at radius 3 is 2.45 bits per heavy atom. The maximum absolute atomic E-state index is 5.39. The van der Waals surface area contributed by atoms with Gasteiger partial charge in [-0.05, 0) is 49.6 Å². The summed E-state index contributed by atoms with van der Waals surface area (Å²) in [6.45, 7) is 5.57. The second-order valence-corrected chi connectivity index (χ2v) is 7.31. The number of rotatable bonds is 7. The molecule has 170 valence electrons. The molecule has 7 nitrogen and oxygen atoms in total. The molecule has 8 heteroatoms. The van der Waals surface area contributed by atoms with Gasteiger partial charge >= 0.3 is 0 Å². The fourth-order valence-corrected chi connectivity index (χ4v) is 3.56. The van der Waals surface area contributed by atoms with E-state index in [0.717, 1.165) is 42.7 Å². The van der Waals surface area contributed by atoms with Crippen molar-refractivity contribution in [2.75, 3.05) is 44.1 Å². The normalized spacial score (nSPS) is 14.3. The molecule has 1 aliphatic rings. The van der Waals surface area contributed by atoms with E-state index in [4.69, 9.17) is 14.5 Å². The van der Waals surface area contributed by atoms with Gasteiger partial charge in [0.15, 0.2) is 17.5 Å². The highest BCUT2D eigenvalue weighted by Crippen LogP contribution is 2.29. The van der Waals surface area contributed by atoms with Crippen molar-refractivity contribution in [3.8, 4) is 11.5 Å². The van der Waals surface area contributed by atoms with E-state index in [1.54, 1.807) is 14.2 Å². The standard InChI is InChI=1S/C23H33N5O2.HI/c1-4-24-23(27-19-9-10-20(29-2)21(16-19)30-3)26-17-18-11-12-25-22(15-18)28-13-7-5-6-8-14-28;/h9-12,15-16H,4-8,13-14,17H2,1-3H3,(H2,24,26,27);1H. The molecule has 0 amide bonds. The minimum absolute atomic E-state index is 0. The number of nitrogens with zero attached hydrogens (tertiary/aromatic N) is 3. The van der Waals surface area contributed by atoms with Crippen LogP contribution in [0.25, 0.3) is 0 Å². The zero-order chi connectivity index (χ0) is 21.2. The Labute approximate surface area is 202 Å². The van der Waals surface area contributed by atoms with E-state index < -0.39 is 0 Å². The van der Waals surface area contributed by atoms with Crippen molar-refractivity contribution in [1.29, 1.82) is 0 Å². The SMILES string of the molecule is CCNC(=NCc1ccnc(N2CCCCCC2)c1)Nc1ccc(OC)c(OC)c1.I. The van der Waals surface area contributed by atoms with Gasteiger partial charge in [-0.15, -0.1) is 24.0 Å².